The summed E-state index contributed by atoms with van der Waals surface area (Å²) in [5.41, 5.74) is 2.47. The Kier molecular flexibility index (Phi) is 6.01. The van der Waals surface area contributed by atoms with Crippen molar-refractivity contribution in [2.75, 3.05) is 18.4 Å². The number of anilines is 1. The van der Waals surface area contributed by atoms with E-state index in [1.165, 1.54) is 12.1 Å². The van der Waals surface area contributed by atoms with Gasteiger partial charge in [-0.1, -0.05) is 30.3 Å². The second-order valence-corrected chi connectivity index (χ2v) is 6.75. The average molecular weight is 366 g/mol. The van der Waals surface area contributed by atoms with Gasteiger partial charge in [0, 0.05) is 25.2 Å². The number of nitrogens with one attached hydrogen (secondary N) is 1. The number of rotatable bonds is 5. The molecular formula is C22H23FN2O2. The molecule has 1 atom stereocenters. The molecule has 140 valence electrons. The summed E-state index contributed by atoms with van der Waals surface area (Å²) in [5.74, 6) is -0.568. The molecule has 1 saturated heterocycles. The Balaban J connectivity index is 1.67. The number of benzene rings is 2. The van der Waals surface area contributed by atoms with E-state index >= 15 is 0 Å². The van der Waals surface area contributed by atoms with Crippen LogP contribution in [0.5, 0.6) is 0 Å². The molecule has 0 bridgehead atoms. The molecule has 4 nitrogen and oxygen atoms in total. The Morgan fingerprint density at radius 3 is 2.70 bits per heavy atom. The van der Waals surface area contributed by atoms with Crippen molar-refractivity contribution in [2.24, 2.45) is 5.92 Å². The SMILES string of the molecule is C=CCC(=O)N1CCC[C@@H](C(=O)Nc2cccc(-c3ccc(F)cc3)c2)C1. The number of hydrogen-bond donors (Lipinski definition) is 1. The number of carbonyl (C=O) groups is 2. The number of carbonyl (C=O) groups excluding carboxylic acids is 2. The lowest BCUT2D eigenvalue weighted by molar-refractivity contribution is -0.133. The van der Waals surface area contributed by atoms with Crippen LogP contribution in [0, 0.1) is 11.7 Å². The number of likely N-dealkylation sites (tertiary alicyclic amines) is 1. The molecule has 1 N–H and O–H groups in total. The van der Waals surface area contributed by atoms with Crippen LogP contribution in [0.2, 0.25) is 0 Å². The molecule has 3 rings (SSSR count). The second kappa shape index (κ2) is 8.62. The maximum absolute atomic E-state index is 13.1. The van der Waals surface area contributed by atoms with Crippen molar-refractivity contribution in [3.8, 4) is 11.1 Å². The molecule has 2 aromatic rings. The Bertz CT molecular complexity index is 832. The molecule has 0 aliphatic carbocycles. The quantitative estimate of drug-likeness (QED) is 0.805. The molecule has 1 heterocycles. The number of hydrogen-bond acceptors (Lipinski definition) is 2. The number of halogens is 1. The van der Waals surface area contributed by atoms with Crippen LogP contribution in [-0.2, 0) is 9.59 Å². The maximum atomic E-state index is 13.1. The molecular weight excluding hydrogens is 343 g/mol. The molecule has 27 heavy (non-hydrogen) atoms. The second-order valence-electron chi connectivity index (χ2n) is 6.75. The molecule has 5 heteroatoms. The van der Waals surface area contributed by atoms with E-state index in [9.17, 15) is 14.0 Å². The zero-order valence-corrected chi connectivity index (χ0v) is 15.2. The zero-order valence-electron chi connectivity index (χ0n) is 15.2. The minimum absolute atomic E-state index is 0.0146. The van der Waals surface area contributed by atoms with Gasteiger partial charge in [-0.15, -0.1) is 6.58 Å². The third-order valence-corrected chi connectivity index (χ3v) is 4.77. The highest BCUT2D eigenvalue weighted by molar-refractivity contribution is 5.94. The Labute approximate surface area is 158 Å². The Morgan fingerprint density at radius 1 is 1.19 bits per heavy atom. The van der Waals surface area contributed by atoms with Crippen molar-refractivity contribution in [1.82, 2.24) is 4.90 Å². The summed E-state index contributed by atoms with van der Waals surface area (Å²) in [6, 6.07) is 13.7. The molecule has 1 aliphatic rings. The van der Waals surface area contributed by atoms with E-state index in [0.717, 1.165) is 24.0 Å². The lowest BCUT2D eigenvalue weighted by Crippen LogP contribution is -2.43. The smallest absolute Gasteiger partial charge is 0.229 e. The third kappa shape index (κ3) is 4.82. The number of nitrogens with zero attached hydrogens (tertiary/aromatic N) is 1. The largest absolute Gasteiger partial charge is 0.342 e. The highest BCUT2D eigenvalue weighted by Gasteiger charge is 2.27. The lowest BCUT2D eigenvalue weighted by Gasteiger charge is -2.32. The van der Waals surface area contributed by atoms with Gasteiger partial charge in [-0.05, 0) is 48.2 Å². The van der Waals surface area contributed by atoms with Crippen LogP contribution in [0.1, 0.15) is 19.3 Å². The normalized spacial score (nSPS) is 16.6. The van der Waals surface area contributed by atoms with Crippen molar-refractivity contribution in [3.63, 3.8) is 0 Å². The van der Waals surface area contributed by atoms with E-state index in [4.69, 9.17) is 0 Å². The lowest BCUT2D eigenvalue weighted by atomic mass is 9.96. The predicted molar refractivity (Wildman–Crippen MR) is 105 cm³/mol. The van der Waals surface area contributed by atoms with Gasteiger partial charge in [-0.3, -0.25) is 9.59 Å². The molecule has 0 spiro atoms. The van der Waals surface area contributed by atoms with Gasteiger partial charge in [0.05, 0.1) is 5.92 Å². The summed E-state index contributed by atoms with van der Waals surface area (Å²) in [5, 5.41) is 2.95. The van der Waals surface area contributed by atoms with Crippen molar-refractivity contribution in [2.45, 2.75) is 19.3 Å². The first-order valence-electron chi connectivity index (χ1n) is 9.12. The van der Waals surface area contributed by atoms with Crippen molar-refractivity contribution < 1.29 is 14.0 Å². The molecule has 0 aromatic heterocycles. The first kappa shape index (κ1) is 18.8. The highest BCUT2D eigenvalue weighted by atomic mass is 19.1. The monoisotopic (exact) mass is 366 g/mol. The van der Waals surface area contributed by atoms with E-state index in [1.807, 2.05) is 24.3 Å². The molecule has 0 saturated carbocycles. The summed E-state index contributed by atoms with van der Waals surface area (Å²) in [6.07, 6.45) is 3.47. The molecule has 2 aromatic carbocycles. The molecule has 1 aliphatic heterocycles. The summed E-state index contributed by atoms with van der Waals surface area (Å²) in [4.78, 5) is 26.5. The van der Waals surface area contributed by atoms with Gasteiger partial charge in [-0.2, -0.15) is 0 Å². The van der Waals surface area contributed by atoms with Gasteiger partial charge >= 0.3 is 0 Å². The molecule has 1 fully saturated rings. The Morgan fingerprint density at radius 2 is 1.96 bits per heavy atom. The predicted octanol–water partition coefficient (Wildman–Crippen LogP) is 4.25. The van der Waals surface area contributed by atoms with Crippen molar-refractivity contribution in [1.29, 1.82) is 0 Å². The van der Waals surface area contributed by atoms with E-state index in [2.05, 4.69) is 11.9 Å². The fourth-order valence-corrected chi connectivity index (χ4v) is 3.33. The first-order chi connectivity index (χ1) is 13.1. The summed E-state index contributed by atoms with van der Waals surface area (Å²) >= 11 is 0. The number of amides is 2. The van der Waals surface area contributed by atoms with Gasteiger partial charge in [0.2, 0.25) is 11.8 Å². The van der Waals surface area contributed by atoms with Gasteiger partial charge in [-0.25, -0.2) is 4.39 Å². The van der Waals surface area contributed by atoms with Crippen LogP contribution in [-0.4, -0.2) is 29.8 Å². The Hall–Kier alpha value is -2.95. The molecule has 0 unspecified atom stereocenters. The average Bonchev–Trinajstić information content (AvgIpc) is 2.69. The summed E-state index contributed by atoms with van der Waals surface area (Å²) < 4.78 is 13.1. The standard InChI is InChI=1S/C22H23FN2O2/c1-2-5-21(26)25-13-4-7-18(15-25)22(27)24-20-8-3-6-17(14-20)16-9-11-19(23)12-10-16/h2-3,6,8-12,14,18H,1,4-5,7,13,15H2,(H,24,27)/t18-/m1/s1. The van der Waals surface area contributed by atoms with Crippen molar-refractivity contribution >= 4 is 17.5 Å². The molecule has 0 radical (unpaired) electrons. The first-order valence-corrected chi connectivity index (χ1v) is 9.12. The molecule has 2 amide bonds. The van der Waals surface area contributed by atoms with E-state index in [1.54, 1.807) is 23.1 Å². The van der Waals surface area contributed by atoms with Crippen LogP contribution < -0.4 is 5.32 Å². The van der Waals surface area contributed by atoms with E-state index in [-0.39, 0.29) is 23.5 Å². The number of piperidine rings is 1. The van der Waals surface area contributed by atoms with E-state index in [0.29, 0.717) is 25.2 Å². The minimum Gasteiger partial charge on any atom is -0.342 e. The highest BCUT2D eigenvalue weighted by Crippen LogP contribution is 2.24. The van der Waals surface area contributed by atoms with Gasteiger partial charge < -0.3 is 10.2 Å². The van der Waals surface area contributed by atoms with Crippen LogP contribution in [0.15, 0.2) is 61.2 Å². The van der Waals surface area contributed by atoms with Crippen molar-refractivity contribution in [3.05, 3.63) is 67.0 Å². The van der Waals surface area contributed by atoms with Crippen LogP contribution in [0.3, 0.4) is 0 Å². The summed E-state index contributed by atoms with van der Waals surface area (Å²) in [7, 11) is 0. The van der Waals surface area contributed by atoms with E-state index < -0.39 is 0 Å². The fraction of sp³-hybridized carbons (Fsp3) is 0.273. The van der Waals surface area contributed by atoms with Crippen LogP contribution >= 0.6 is 0 Å². The minimum atomic E-state index is -0.281. The topological polar surface area (TPSA) is 49.4 Å². The van der Waals surface area contributed by atoms with Gasteiger partial charge in [0.25, 0.3) is 0 Å². The third-order valence-electron chi connectivity index (χ3n) is 4.77. The van der Waals surface area contributed by atoms with Crippen LogP contribution in [0.4, 0.5) is 10.1 Å². The summed E-state index contributed by atoms with van der Waals surface area (Å²) in [6.45, 7) is 4.73. The van der Waals surface area contributed by atoms with Crippen LogP contribution in [0.25, 0.3) is 11.1 Å². The zero-order chi connectivity index (χ0) is 19.2. The van der Waals surface area contributed by atoms with Gasteiger partial charge in [0.1, 0.15) is 5.82 Å². The van der Waals surface area contributed by atoms with Gasteiger partial charge in [0.15, 0.2) is 0 Å². The fourth-order valence-electron chi connectivity index (χ4n) is 3.33. The maximum Gasteiger partial charge on any atom is 0.229 e.